The molecule has 0 radical (unpaired) electrons. The van der Waals surface area contributed by atoms with Crippen LogP contribution in [0.15, 0.2) is 48.5 Å². The van der Waals surface area contributed by atoms with Crippen LogP contribution in [0.5, 0.6) is 0 Å². The smallest absolute Gasteiger partial charge is 0.155 e. The largest absolute Gasteiger partial charge is 0.253 e. The Kier molecular flexibility index (Phi) is 17.0. The summed E-state index contributed by atoms with van der Waals surface area (Å²) in [5.74, 6) is 1.42. The van der Waals surface area contributed by atoms with Crippen molar-refractivity contribution in [1.82, 2.24) is 14.5 Å². The average Bonchev–Trinajstić information content (AvgIpc) is 4.12. The molecule has 0 fully saturated rings. The van der Waals surface area contributed by atoms with Crippen LogP contribution in [0, 0.1) is 25.7 Å². The molecule has 63 heavy (non-hydrogen) atoms. The van der Waals surface area contributed by atoms with E-state index in [2.05, 4.69) is 118 Å². The van der Waals surface area contributed by atoms with Crippen molar-refractivity contribution >= 4 is 66.4 Å². The van der Waals surface area contributed by atoms with Gasteiger partial charge >= 0.3 is 0 Å². The molecule has 0 aliphatic carbocycles. The zero-order valence-corrected chi connectivity index (χ0v) is 43.9. The number of nitrogens with zero attached hydrogens (tertiary/aromatic N) is 3. The molecule has 7 rings (SSSR count). The van der Waals surface area contributed by atoms with Gasteiger partial charge < -0.3 is 0 Å². The van der Waals surface area contributed by atoms with Gasteiger partial charge in [-0.3, -0.25) is 4.48 Å². The Morgan fingerprint density at radius 1 is 0.508 bits per heavy atom. The van der Waals surface area contributed by atoms with E-state index in [-0.39, 0.29) is 0 Å². The highest BCUT2D eigenvalue weighted by Gasteiger charge is 2.52. The zero-order valence-electron chi connectivity index (χ0n) is 40.6. The number of fused-ring (bicyclic) bond motifs is 4. The first kappa shape index (κ1) is 48.3. The molecule has 0 saturated carbocycles. The fraction of sp³-hybridized carbons (Fsp3) is 0.571. The van der Waals surface area contributed by atoms with Crippen molar-refractivity contribution in [2.45, 2.75) is 197 Å². The number of thiophene rings is 2. The summed E-state index contributed by atoms with van der Waals surface area (Å²) < 4.78 is 1.02. The van der Waals surface area contributed by atoms with E-state index >= 15 is 0 Å². The first-order chi connectivity index (χ1) is 30.7. The second-order valence-corrected chi connectivity index (χ2v) is 23.3. The third-order valence-electron chi connectivity index (χ3n) is 14.6. The van der Waals surface area contributed by atoms with Gasteiger partial charge in [0.2, 0.25) is 0 Å². The number of hydrogen-bond donors (Lipinski definition) is 0. The maximum atomic E-state index is 5.47. The van der Waals surface area contributed by atoms with Crippen LogP contribution >= 0.6 is 45.3 Å². The number of hydrogen-bond acceptors (Lipinski definition) is 6. The molecule has 0 amide bonds. The number of rotatable bonds is 25. The van der Waals surface area contributed by atoms with Gasteiger partial charge in [-0.25, -0.2) is 9.97 Å². The van der Waals surface area contributed by atoms with Crippen LogP contribution in [0.2, 0.25) is 0 Å². The number of benzene rings is 2. The monoisotopic (exact) mass is 921 g/mol. The van der Waals surface area contributed by atoms with Crippen LogP contribution in [-0.4, -0.2) is 22.1 Å². The maximum absolute atomic E-state index is 5.47. The predicted octanol–water partition coefficient (Wildman–Crippen LogP) is 19.6. The fourth-order valence-electron chi connectivity index (χ4n) is 11.0. The minimum absolute atomic E-state index is 0.547. The van der Waals surface area contributed by atoms with E-state index in [1.54, 1.807) is 11.4 Å². The van der Waals surface area contributed by atoms with Crippen LogP contribution < -0.4 is 4.48 Å². The molecule has 4 aromatic heterocycles. The van der Waals surface area contributed by atoms with Crippen LogP contribution in [0.4, 0.5) is 11.4 Å². The molecule has 1 aliphatic heterocycles. The van der Waals surface area contributed by atoms with Crippen molar-refractivity contribution in [3.63, 3.8) is 0 Å². The Labute approximate surface area is 398 Å². The third kappa shape index (κ3) is 10.0. The van der Waals surface area contributed by atoms with Crippen LogP contribution in [0.3, 0.4) is 0 Å². The molecule has 340 valence electrons. The molecule has 4 unspecified atom stereocenters. The molecule has 1 aliphatic rings. The summed E-state index contributed by atoms with van der Waals surface area (Å²) in [5.41, 5.74) is 11.8. The Balaban J connectivity index is 1.33. The lowest BCUT2D eigenvalue weighted by atomic mass is 9.91. The van der Waals surface area contributed by atoms with Gasteiger partial charge in [-0.2, -0.15) is 0 Å². The molecule has 0 N–H and O–H groups in total. The Morgan fingerprint density at radius 3 is 1.52 bits per heavy atom. The molecule has 0 spiro atoms. The standard InChI is InChI=1S/C56H78N3S4/c1-11-19-23-39(15-5)33-42-32-38(10)60-51(42)53-57-55-56(62-53)58-54(63-55)52-43(34-40(16-6)24-20-12-2)36-50(61-52)41-28-30-47-46-29-27-37(9)31-48(46)59(49(47)35-41,44(17-7)25-21-13-3)45(18-8)26-22-14-4/h27-32,35-36,39-40,44-45H,11-26,33-34H2,1-10H3/q+1. The van der Waals surface area contributed by atoms with Gasteiger partial charge in [-0.15, -0.1) is 22.7 Å². The topological polar surface area (TPSA) is 25.8 Å². The predicted molar refractivity (Wildman–Crippen MR) is 285 cm³/mol. The Bertz CT molecular complexity index is 2340. The lowest BCUT2D eigenvalue weighted by molar-refractivity contribution is 0.185. The van der Waals surface area contributed by atoms with Gasteiger partial charge in [-0.05, 0) is 111 Å². The van der Waals surface area contributed by atoms with Gasteiger partial charge in [0.25, 0.3) is 0 Å². The molecule has 0 bridgehead atoms. The minimum atomic E-state index is 0.547. The SMILES string of the molecule is CCCCC(CC)Cc1cc(C)sc1-c1nc2sc(-c3sc(-c4ccc5c(c4)[N+](C(CC)CCCC)(C(CC)CCCC)c4cc(C)ccc4-5)cc3CC(CC)CCCC)nc2s1. The number of quaternary nitrogens is 1. The first-order valence-electron chi connectivity index (χ1n) is 25.3. The van der Waals surface area contributed by atoms with Crippen molar-refractivity contribution in [2.75, 3.05) is 0 Å². The number of aryl methyl sites for hydroxylation is 2. The fourth-order valence-corrected chi connectivity index (χ4v) is 15.5. The van der Waals surface area contributed by atoms with E-state index in [1.165, 1.54) is 156 Å². The average molecular weight is 922 g/mol. The quantitative estimate of drug-likeness (QED) is 0.0535. The summed E-state index contributed by atoms with van der Waals surface area (Å²) in [4.78, 5) is 18.6. The lowest BCUT2D eigenvalue weighted by Gasteiger charge is -2.48. The maximum Gasteiger partial charge on any atom is 0.155 e. The van der Waals surface area contributed by atoms with Crippen molar-refractivity contribution < 1.29 is 0 Å². The van der Waals surface area contributed by atoms with Gasteiger partial charge in [0.1, 0.15) is 21.4 Å². The van der Waals surface area contributed by atoms with E-state index in [1.807, 2.05) is 45.3 Å². The van der Waals surface area contributed by atoms with Gasteiger partial charge in [0, 0.05) is 45.9 Å². The summed E-state index contributed by atoms with van der Waals surface area (Å²) >= 11 is 7.56. The molecule has 2 aromatic carbocycles. The second kappa shape index (κ2) is 22.2. The van der Waals surface area contributed by atoms with E-state index in [0.717, 1.165) is 42.9 Å². The second-order valence-electron chi connectivity index (χ2n) is 19.0. The minimum Gasteiger partial charge on any atom is -0.253 e. The van der Waals surface area contributed by atoms with Crippen LogP contribution in [0.25, 0.3) is 51.0 Å². The number of thiazole rings is 2. The van der Waals surface area contributed by atoms with E-state index in [9.17, 15) is 0 Å². The summed E-state index contributed by atoms with van der Waals surface area (Å²) in [5, 5.41) is 2.32. The third-order valence-corrected chi connectivity index (χ3v) is 19.3. The van der Waals surface area contributed by atoms with E-state index in [4.69, 9.17) is 9.97 Å². The van der Waals surface area contributed by atoms with Gasteiger partial charge in [0.05, 0.1) is 21.8 Å². The van der Waals surface area contributed by atoms with Crippen LogP contribution in [0.1, 0.15) is 180 Å². The van der Waals surface area contributed by atoms with Crippen molar-refractivity contribution in [3.8, 4) is 41.3 Å². The summed E-state index contributed by atoms with van der Waals surface area (Å²) in [6, 6.07) is 21.1. The summed E-state index contributed by atoms with van der Waals surface area (Å²) in [6.07, 6.45) is 22.4. The molecule has 3 nitrogen and oxygen atoms in total. The Morgan fingerprint density at radius 2 is 1.00 bits per heavy atom. The first-order valence-corrected chi connectivity index (χ1v) is 28.6. The molecule has 0 saturated heterocycles. The van der Waals surface area contributed by atoms with Crippen molar-refractivity contribution in [1.29, 1.82) is 0 Å². The molecule has 5 heterocycles. The molecule has 7 heteroatoms. The van der Waals surface area contributed by atoms with E-state index < -0.39 is 0 Å². The summed E-state index contributed by atoms with van der Waals surface area (Å²) in [6.45, 7) is 23.7. The van der Waals surface area contributed by atoms with Gasteiger partial charge in [-0.1, -0.05) is 154 Å². The lowest BCUT2D eigenvalue weighted by Crippen LogP contribution is -2.58. The Hall–Kier alpha value is -2.68. The molecular formula is C56H78N3S4+. The summed E-state index contributed by atoms with van der Waals surface area (Å²) in [7, 11) is 0. The molecule has 4 atom stereocenters. The van der Waals surface area contributed by atoms with E-state index in [0.29, 0.717) is 18.0 Å². The highest BCUT2D eigenvalue weighted by Crippen LogP contribution is 2.59. The van der Waals surface area contributed by atoms with Crippen molar-refractivity contribution in [3.05, 3.63) is 70.1 Å². The van der Waals surface area contributed by atoms with Gasteiger partial charge in [0.15, 0.2) is 9.66 Å². The zero-order chi connectivity index (χ0) is 44.7. The molecule has 6 aromatic rings. The normalized spacial score (nSPS) is 16.7. The number of unbranched alkanes of at least 4 members (excludes halogenated alkanes) is 4. The molecular weight excluding hydrogens is 843 g/mol. The highest BCUT2D eigenvalue weighted by atomic mass is 32.1. The van der Waals surface area contributed by atoms with Crippen molar-refractivity contribution in [2.24, 2.45) is 11.8 Å². The number of aromatic nitrogens is 2. The highest BCUT2D eigenvalue weighted by molar-refractivity contribution is 7.32. The van der Waals surface area contributed by atoms with Crippen LogP contribution in [-0.2, 0) is 12.8 Å².